The summed E-state index contributed by atoms with van der Waals surface area (Å²) in [4.78, 5) is 40.5. The summed E-state index contributed by atoms with van der Waals surface area (Å²) >= 11 is 0. The highest BCUT2D eigenvalue weighted by Gasteiger charge is 2.54. The summed E-state index contributed by atoms with van der Waals surface area (Å²) in [5.41, 5.74) is 1.81. The zero-order chi connectivity index (χ0) is 27.0. The van der Waals surface area contributed by atoms with Gasteiger partial charge in [0.1, 0.15) is 6.61 Å². The van der Waals surface area contributed by atoms with Crippen molar-refractivity contribution in [2.45, 2.75) is 89.3 Å². The fraction of sp³-hybridized carbons (Fsp3) is 0.556. The lowest BCUT2D eigenvalue weighted by atomic mass is 9.83. The minimum absolute atomic E-state index is 0.0453. The monoisotopic (exact) mass is 525 g/mol. The molecule has 1 fully saturated rings. The van der Waals surface area contributed by atoms with Crippen LogP contribution >= 0.6 is 0 Å². The summed E-state index contributed by atoms with van der Waals surface area (Å²) in [5, 5.41) is 13.4. The number of benzene rings is 1. The van der Waals surface area contributed by atoms with Gasteiger partial charge in [-0.3, -0.25) is 14.7 Å². The average Bonchev–Trinajstić information content (AvgIpc) is 3.32. The molecule has 3 N–H and O–H groups in total. The standard InChI is InChI=1S/C27H39N5O4Si/c1-7-21(33)36-17-20(18-12-9-8-10-13-18)28-25(35)32-16-19-22(26(32,2)3)30-31-23(19)29-24(34)27(14-11-15-27)37(4,5)6/h8-10,12-13,20H,7,11,14-17H2,1-6H3,(H,28,35)(H2,29,30,31,34). The van der Waals surface area contributed by atoms with Gasteiger partial charge in [-0.1, -0.05) is 63.3 Å². The number of esters is 1. The Morgan fingerprint density at radius 3 is 2.41 bits per heavy atom. The van der Waals surface area contributed by atoms with Crippen molar-refractivity contribution in [2.75, 3.05) is 11.9 Å². The summed E-state index contributed by atoms with van der Waals surface area (Å²) in [6.07, 6.45) is 3.19. The van der Waals surface area contributed by atoms with Crippen LogP contribution in [-0.2, 0) is 26.4 Å². The highest BCUT2D eigenvalue weighted by molar-refractivity contribution is 6.83. The molecule has 200 valence electrons. The number of nitrogens with one attached hydrogen (secondary N) is 3. The number of aromatic nitrogens is 2. The van der Waals surface area contributed by atoms with Crippen molar-refractivity contribution in [3.8, 4) is 0 Å². The van der Waals surface area contributed by atoms with Crippen LogP contribution in [0.1, 0.15) is 69.3 Å². The SMILES string of the molecule is CCC(=O)OCC(NC(=O)N1Cc2c(NC(=O)C3([Si](C)(C)C)CCC3)n[nH]c2C1(C)C)c1ccccc1. The molecular weight excluding hydrogens is 486 g/mol. The number of rotatable bonds is 8. The molecule has 4 rings (SSSR count). The first-order chi connectivity index (χ1) is 17.4. The van der Waals surface area contributed by atoms with Crippen molar-refractivity contribution >= 4 is 31.8 Å². The van der Waals surface area contributed by atoms with E-state index in [0.717, 1.165) is 36.1 Å². The molecule has 1 saturated carbocycles. The highest BCUT2D eigenvalue weighted by atomic mass is 28.3. The van der Waals surface area contributed by atoms with Crippen LogP contribution in [-0.4, -0.2) is 47.7 Å². The lowest BCUT2D eigenvalue weighted by Crippen LogP contribution is -2.52. The van der Waals surface area contributed by atoms with Crippen LogP contribution < -0.4 is 10.6 Å². The molecule has 2 aromatic rings. The van der Waals surface area contributed by atoms with E-state index in [9.17, 15) is 14.4 Å². The molecule has 1 aliphatic carbocycles. The Morgan fingerprint density at radius 1 is 1.16 bits per heavy atom. The third-order valence-corrected chi connectivity index (χ3v) is 11.8. The van der Waals surface area contributed by atoms with Gasteiger partial charge in [0, 0.05) is 17.0 Å². The summed E-state index contributed by atoms with van der Waals surface area (Å²) in [6.45, 7) is 12.7. The molecule has 1 aromatic carbocycles. The van der Waals surface area contributed by atoms with Crippen LogP contribution in [0.25, 0.3) is 0 Å². The van der Waals surface area contributed by atoms with Gasteiger partial charge in [-0.15, -0.1) is 0 Å². The first kappa shape index (κ1) is 26.9. The number of anilines is 1. The van der Waals surface area contributed by atoms with E-state index < -0.39 is 19.7 Å². The Balaban J connectivity index is 1.51. The molecule has 1 aromatic heterocycles. The molecule has 37 heavy (non-hydrogen) atoms. The fourth-order valence-corrected chi connectivity index (χ4v) is 8.03. The molecular formula is C27H39N5O4Si. The van der Waals surface area contributed by atoms with E-state index in [2.05, 4.69) is 40.5 Å². The van der Waals surface area contributed by atoms with Gasteiger partial charge in [-0.05, 0) is 32.3 Å². The van der Waals surface area contributed by atoms with E-state index in [4.69, 9.17) is 4.74 Å². The van der Waals surface area contributed by atoms with Crippen LogP contribution in [0.2, 0.25) is 24.7 Å². The van der Waals surface area contributed by atoms with Crippen LogP contribution in [0.3, 0.4) is 0 Å². The molecule has 10 heteroatoms. The van der Waals surface area contributed by atoms with Crippen molar-refractivity contribution in [1.29, 1.82) is 0 Å². The van der Waals surface area contributed by atoms with E-state index in [0.29, 0.717) is 12.4 Å². The van der Waals surface area contributed by atoms with Crippen molar-refractivity contribution in [1.82, 2.24) is 20.4 Å². The van der Waals surface area contributed by atoms with Gasteiger partial charge in [0.15, 0.2) is 5.82 Å². The lowest BCUT2D eigenvalue weighted by Gasteiger charge is -2.48. The number of H-pyrrole nitrogens is 1. The summed E-state index contributed by atoms with van der Waals surface area (Å²) < 4.78 is 5.38. The van der Waals surface area contributed by atoms with Gasteiger partial charge in [0.25, 0.3) is 0 Å². The van der Waals surface area contributed by atoms with Gasteiger partial charge >= 0.3 is 12.0 Å². The minimum atomic E-state index is -1.74. The zero-order valence-corrected chi connectivity index (χ0v) is 23.7. The van der Waals surface area contributed by atoms with E-state index in [1.807, 2.05) is 44.2 Å². The molecule has 0 radical (unpaired) electrons. The number of amides is 3. The number of hydrogen-bond donors (Lipinski definition) is 3. The maximum atomic E-state index is 13.6. The predicted octanol–water partition coefficient (Wildman–Crippen LogP) is 5.07. The Labute approximate surface area is 219 Å². The molecule has 3 amide bonds. The third-order valence-electron chi connectivity index (χ3n) is 8.22. The molecule has 0 bridgehead atoms. The Kier molecular flexibility index (Phi) is 7.24. The second kappa shape index (κ2) is 9.96. The largest absolute Gasteiger partial charge is 0.463 e. The molecule has 1 atom stereocenters. The van der Waals surface area contributed by atoms with Crippen molar-refractivity contribution in [3.05, 3.63) is 47.2 Å². The minimum Gasteiger partial charge on any atom is -0.463 e. The van der Waals surface area contributed by atoms with E-state index in [-0.39, 0.29) is 36.0 Å². The fourth-order valence-electron chi connectivity index (χ4n) is 5.43. The van der Waals surface area contributed by atoms with E-state index >= 15 is 0 Å². The van der Waals surface area contributed by atoms with Crippen LogP contribution in [0.4, 0.5) is 10.6 Å². The normalized spacial score (nSPS) is 18.4. The number of aromatic amines is 1. The van der Waals surface area contributed by atoms with E-state index in [1.165, 1.54) is 0 Å². The number of urea groups is 1. The first-order valence-electron chi connectivity index (χ1n) is 13.1. The molecule has 9 nitrogen and oxygen atoms in total. The van der Waals surface area contributed by atoms with Crippen molar-refractivity contribution in [3.63, 3.8) is 0 Å². The predicted molar refractivity (Wildman–Crippen MR) is 145 cm³/mol. The van der Waals surface area contributed by atoms with E-state index in [1.54, 1.807) is 11.8 Å². The smallest absolute Gasteiger partial charge is 0.319 e. The van der Waals surface area contributed by atoms with Crippen LogP contribution in [0, 0.1) is 0 Å². The Hall–Kier alpha value is -3.14. The number of carbonyl (C=O) groups is 3. The average molecular weight is 526 g/mol. The second-order valence-electron chi connectivity index (χ2n) is 11.7. The molecule has 0 saturated heterocycles. The van der Waals surface area contributed by atoms with Gasteiger partial charge in [0.2, 0.25) is 5.91 Å². The summed E-state index contributed by atoms with van der Waals surface area (Å²) in [5.74, 6) is 0.236. The quantitative estimate of drug-likeness (QED) is 0.329. The second-order valence-corrected chi connectivity index (χ2v) is 17.1. The molecule has 1 aliphatic heterocycles. The number of nitrogens with zero attached hydrogens (tertiary/aromatic N) is 2. The van der Waals surface area contributed by atoms with Gasteiger partial charge in [0.05, 0.1) is 31.9 Å². The zero-order valence-electron chi connectivity index (χ0n) is 22.7. The maximum absolute atomic E-state index is 13.6. The summed E-state index contributed by atoms with van der Waals surface area (Å²) in [7, 11) is -1.74. The topological polar surface area (TPSA) is 116 Å². The molecule has 2 heterocycles. The number of hydrogen-bond acceptors (Lipinski definition) is 5. The van der Waals surface area contributed by atoms with Crippen LogP contribution in [0.5, 0.6) is 0 Å². The number of carbonyl (C=O) groups excluding carboxylic acids is 3. The van der Waals surface area contributed by atoms with Crippen molar-refractivity contribution < 1.29 is 19.1 Å². The molecule has 0 spiro atoms. The van der Waals surface area contributed by atoms with Gasteiger partial charge in [-0.25, -0.2) is 4.79 Å². The van der Waals surface area contributed by atoms with Gasteiger partial charge in [-0.2, -0.15) is 5.10 Å². The lowest BCUT2D eigenvalue weighted by molar-refractivity contribution is -0.144. The number of fused-ring (bicyclic) bond motifs is 1. The Bertz CT molecular complexity index is 1170. The van der Waals surface area contributed by atoms with Crippen LogP contribution in [0.15, 0.2) is 30.3 Å². The Morgan fingerprint density at radius 2 is 1.84 bits per heavy atom. The van der Waals surface area contributed by atoms with Crippen molar-refractivity contribution in [2.24, 2.45) is 0 Å². The molecule has 1 unspecified atom stereocenters. The third kappa shape index (κ3) is 4.91. The summed E-state index contributed by atoms with van der Waals surface area (Å²) in [6, 6.07) is 8.68. The molecule has 2 aliphatic rings. The first-order valence-corrected chi connectivity index (χ1v) is 16.6. The number of ether oxygens (including phenoxy) is 1. The highest BCUT2D eigenvalue weighted by Crippen LogP contribution is 2.56. The van der Waals surface area contributed by atoms with Gasteiger partial charge < -0.3 is 20.3 Å². The maximum Gasteiger partial charge on any atom is 0.319 e.